The zero-order valence-corrected chi connectivity index (χ0v) is 6.84. The number of rotatable bonds is 1. The highest BCUT2D eigenvalue weighted by Gasteiger charge is 2.27. The van der Waals surface area contributed by atoms with Gasteiger partial charge in [0.15, 0.2) is 15.8 Å². The number of hydrogen-bond donors (Lipinski definition) is 2. The third-order valence-corrected chi connectivity index (χ3v) is 3.29. The molecule has 1 fully saturated rings. The van der Waals surface area contributed by atoms with E-state index in [0.29, 0.717) is 6.42 Å². The second-order valence-electron chi connectivity index (χ2n) is 2.61. The summed E-state index contributed by atoms with van der Waals surface area (Å²) < 4.78 is 21.7. The van der Waals surface area contributed by atoms with Gasteiger partial charge in [-0.3, -0.25) is 0 Å². The van der Waals surface area contributed by atoms with Crippen LogP contribution in [0.25, 0.3) is 0 Å². The van der Waals surface area contributed by atoms with Gasteiger partial charge in [0.2, 0.25) is 0 Å². The largest absolute Gasteiger partial charge is 0.370 e. The van der Waals surface area contributed by atoms with Crippen molar-refractivity contribution in [2.24, 2.45) is 16.5 Å². The molecule has 6 heteroatoms. The lowest BCUT2D eigenvalue weighted by atomic mass is 10.3. The molecule has 1 heterocycles. The van der Waals surface area contributed by atoms with Crippen molar-refractivity contribution >= 4 is 15.8 Å². The van der Waals surface area contributed by atoms with Gasteiger partial charge in [-0.2, -0.15) is 0 Å². The fraction of sp³-hybridized carbons (Fsp3) is 0.800. The molecule has 0 spiro atoms. The molecule has 5 nitrogen and oxygen atoms in total. The summed E-state index contributed by atoms with van der Waals surface area (Å²) in [5.41, 5.74) is 10.2. The van der Waals surface area contributed by atoms with Gasteiger partial charge in [-0.05, 0) is 6.42 Å². The molecule has 1 aliphatic rings. The number of guanidine groups is 1. The fourth-order valence-corrected chi connectivity index (χ4v) is 2.71. The fourth-order valence-electron chi connectivity index (χ4n) is 1.09. The predicted molar refractivity (Wildman–Crippen MR) is 42.9 cm³/mol. The van der Waals surface area contributed by atoms with Gasteiger partial charge in [-0.1, -0.05) is 0 Å². The van der Waals surface area contributed by atoms with Gasteiger partial charge in [0.1, 0.15) is 0 Å². The lowest BCUT2D eigenvalue weighted by Gasteiger charge is -1.98. The molecule has 0 amide bonds. The number of nitrogens with zero attached hydrogens (tertiary/aromatic N) is 1. The zero-order chi connectivity index (χ0) is 8.48. The first-order chi connectivity index (χ1) is 4.99. The summed E-state index contributed by atoms with van der Waals surface area (Å²) in [5.74, 6) is 0.256. The van der Waals surface area contributed by atoms with Gasteiger partial charge in [0, 0.05) is 0 Å². The average Bonchev–Trinajstić information content (AvgIpc) is 2.08. The summed E-state index contributed by atoms with van der Waals surface area (Å²) in [5, 5.41) is 0. The Morgan fingerprint density at radius 2 is 2.09 bits per heavy atom. The lowest BCUT2D eigenvalue weighted by Crippen LogP contribution is -2.25. The summed E-state index contributed by atoms with van der Waals surface area (Å²) in [6.45, 7) is 0. The van der Waals surface area contributed by atoms with Crippen molar-refractivity contribution < 1.29 is 8.42 Å². The molecule has 0 aromatic heterocycles. The topological polar surface area (TPSA) is 98.5 Å². The van der Waals surface area contributed by atoms with Crippen molar-refractivity contribution in [1.82, 2.24) is 0 Å². The smallest absolute Gasteiger partial charge is 0.186 e. The summed E-state index contributed by atoms with van der Waals surface area (Å²) >= 11 is 0. The third kappa shape index (κ3) is 2.38. The minimum Gasteiger partial charge on any atom is -0.370 e. The Balaban J connectivity index is 2.63. The second kappa shape index (κ2) is 2.69. The van der Waals surface area contributed by atoms with E-state index in [9.17, 15) is 8.42 Å². The van der Waals surface area contributed by atoms with Crippen molar-refractivity contribution in [3.63, 3.8) is 0 Å². The maximum atomic E-state index is 10.9. The van der Waals surface area contributed by atoms with E-state index in [4.69, 9.17) is 11.5 Å². The molecule has 1 saturated heterocycles. The second-order valence-corrected chi connectivity index (χ2v) is 4.84. The highest BCUT2D eigenvalue weighted by molar-refractivity contribution is 7.91. The van der Waals surface area contributed by atoms with Crippen LogP contribution >= 0.6 is 0 Å². The minimum absolute atomic E-state index is 0.0351. The first kappa shape index (κ1) is 8.32. The molecule has 1 unspecified atom stereocenters. The lowest BCUT2D eigenvalue weighted by molar-refractivity contribution is 0.601. The first-order valence-electron chi connectivity index (χ1n) is 3.29. The molecule has 0 aromatic rings. The van der Waals surface area contributed by atoms with Crippen LogP contribution < -0.4 is 11.5 Å². The van der Waals surface area contributed by atoms with E-state index in [0.717, 1.165) is 0 Å². The molecule has 11 heavy (non-hydrogen) atoms. The Hall–Kier alpha value is -0.780. The van der Waals surface area contributed by atoms with Crippen molar-refractivity contribution in [2.75, 3.05) is 11.5 Å². The van der Waals surface area contributed by atoms with Crippen LogP contribution in [0.1, 0.15) is 6.42 Å². The minimum atomic E-state index is -2.86. The van der Waals surface area contributed by atoms with Crippen LogP contribution in [0.2, 0.25) is 0 Å². The van der Waals surface area contributed by atoms with Crippen LogP contribution in [0.5, 0.6) is 0 Å². The highest BCUT2D eigenvalue weighted by Crippen LogP contribution is 2.13. The highest BCUT2D eigenvalue weighted by atomic mass is 32.2. The monoisotopic (exact) mass is 177 g/mol. The van der Waals surface area contributed by atoms with Gasteiger partial charge >= 0.3 is 0 Å². The van der Waals surface area contributed by atoms with Crippen LogP contribution in [0, 0.1) is 0 Å². The number of sulfone groups is 1. The van der Waals surface area contributed by atoms with E-state index in [-0.39, 0.29) is 23.5 Å². The van der Waals surface area contributed by atoms with E-state index in [1.165, 1.54) is 0 Å². The van der Waals surface area contributed by atoms with Gasteiger partial charge in [-0.25, -0.2) is 13.4 Å². The molecule has 0 aliphatic carbocycles. The van der Waals surface area contributed by atoms with Gasteiger partial charge in [0.25, 0.3) is 0 Å². The molecule has 4 N–H and O–H groups in total. The standard InChI is InChI=1S/C5H11N3O2S/c6-5(7)8-4-1-2-11(9,10)3-4/h4H,1-3H2,(H4,6,7,8). The van der Waals surface area contributed by atoms with Crippen LogP contribution in [0.3, 0.4) is 0 Å². The van der Waals surface area contributed by atoms with Gasteiger partial charge < -0.3 is 11.5 Å². The summed E-state index contributed by atoms with van der Waals surface area (Å²) in [6.07, 6.45) is 0.542. The summed E-state index contributed by atoms with van der Waals surface area (Å²) in [7, 11) is -2.86. The summed E-state index contributed by atoms with van der Waals surface area (Å²) in [6, 6.07) is -0.218. The Morgan fingerprint density at radius 3 is 2.45 bits per heavy atom. The molecule has 0 bridgehead atoms. The van der Waals surface area contributed by atoms with Crippen LogP contribution in [-0.2, 0) is 9.84 Å². The van der Waals surface area contributed by atoms with Gasteiger partial charge in [0.05, 0.1) is 17.5 Å². The molecule has 64 valence electrons. The number of hydrogen-bond acceptors (Lipinski definition) is 3. The Labute approximate surface area is 65.4 Å². The predicted octanol–water partition coefficient (Wildman–Crippen LogP) is -1.55. The molecule has 1 atom stereocenters. The molecule has 1 rings (SSSR count). The van der Waals surface area contributed by atoms with E-state index >= 15 is 0 Å². The average molecular weight is 177 g/mol. The van der Waals surface area contributed by atoms with E-state index < -0.39 is 9.84 Å². The third-order valence-electron chi connectivity index (χ3n) is 1.54. The number of aliphatic imine (C=N–C) groups is 1. The van der Waals surface area contributed by atoms with Crippen LogP contribution in [0.4, 0.5) is 0 Å². The zero-order valence-electron chi connectivity index (χ0n) is 6.03. The van der Waals surface area contributed by atoms with E-state index in [2.05, 4.69) is 4.99 Å². The normalized spacial score (nSPS) is 28.2. The molecule has 0 saturated carbocycles. The molecular formula is C5H11N3O2S. The maximum absolute atomic E-state index is 10.9. The molecular weight excluding hydrogens is 166 g/mol. The Morgan fingerprint density at radius 1 is 1.45 bits per heavy atom. The van der Waals surface area contributed by atoms with Crippen LogP contribution in [-0.4, -0.2) is 31.9 Å². The maximum Gasteiger partial charge on any atom is 0.186 e. The quantitative estimate of drug-likeness (QED) is 0.374. The summed E-state index contributed by atoms with van der Waals surface area (Å²) in [4.78, 5) is 3.77. The van der Waals surface area contributed by atoms with E-state index in [1.54, 1.807) is 0 Å². The number of nitrogens with two attached hydrogens (primary N) is 2. The van der Waals surface area contributed by atoms with Crippen molar-refractivity contribution in [3.8, 4) is 0 Å². The Bertz CT molecular complexity index is 265. The van der Waals surface area contributed by atoms with Gasteiger partial charge in [-0.15, -0.1) is 0 Å². The molecule has 1 aliphatic heterocycles. The molecule has 0 aromatic carbocycles. The SMILES string of the molecule is NC(N)=NC1CCS(=O)(=O)C1. The molecule has 0 radical (unpaired) electrons. The van der Waals surface area contributed by atoms with Crippen molar-refractivity contribution in [1.29, 1.82) is 0 Å². The van der Waals surface area contributed by atoms with Crippen molar-refractivity contribution in [3.05, 3.63) is 0 Å². The van der Waals surface area contributed by atoms with Crippen molar-refractivity contribution in [2.45, 2.75) is 12.5 Å². The first-order valence-corrected chi connectivity index (χ1v) is 5.11. The van der Waals surface area contributed by atoms with E-state index in [1.807, 2.05) is 0 Å². The Kier molecular flexibility index (Phi) is 2.03. The van der Waals surface area contributed by atoms with Crippen LogP contribution in [0.15, 0.2) is 4.99 Å².